The summed E-state index contributed by atoms with van der Waals surface area (Å²) in [5, 5.41) is 17.7. The van der Waals surface area contributed by atoms with Crippen molar-refractivity contribution in [1.29, 1.82) is 5.41 Å². The topological polar surface area (TPSA) is 47.3 Å². The van der Waals surface area contributed by atoms with E-state index >= 15 is 0 Å². The quantitative estimate of drug-likeness (QED) is 0.651. The average Bonchev–Trinajstić information content (AvgIpc) is 2.60. The van der Waals surface area contributed by atoms with E-state index in [1.165, 1.54) is 6.21 Å². The van der Waals surface area contributed by atoms with Crippen LogP contribution in [0.2, 0.25) is 0 Å². The number of hydrogen-bond donors (Lipinski definition) is 2. The molecule has 1 saturated heterocycles. The first-order valence-electron chi connectivity index (χ1n) is 9.67. The van der Waals surface area contributed by atoms with Gasteiger partial charge in [-0.2, -0.15) is 13.2 Å². The van der Waals surface area contributed by atoms with Gasteiger partial charge in [-0.3, -0.25) is 4.90 Å². The number of likely N-dealkylation sites (tertiary alicyclic amines) is 1. The summed E-state index contributed by atoms with van der Waals surface area (Å²) < 4.78 is 38.6. The largest absolute Gasteiger partial charge is 0.416 e. The molecule has 1 aromatic carbocycles. The molecule has 1 fully saturated rings. The van der Waals surface area contributed by atoms with Crippen molar-refractivity contribution >= 4 is 6.21 Å². The van der Waals surface area contributed by atoms with E-state index in [-0.39, 0.29) is 11.5 Å². The van der Waals surface area contributed by atoms with Crippen LogP contribution in [0, 0.1) is 5.41 Å². The third kappa shape index (κ3) is 5.92. The molecule has 1 aliphatic rings. The standard InChI is InChI=1S/C22H31F3N2O/c1-16(15-26)13-19(27-11-9-21(4,28)10-12-27)14-20(2,3)17-5-7-18(8-6-17)22(23,24)25/h5-8,13,15,19,26,28H,9-12,14H2,1-4H3/b16-13+,26-15?. The molecule has 0 bridgehead atoms. The first-order chi connectivity index (χ1) is 12.8. The first-order valence-corrected chi connectivity index (χ1v) is 9.67. The van der Waals surface area contributed by atoms with Gasteiger partial charge in [-0.25, -0.2) is 0 Å². The summed E-state index contributed by atoms with van der Waals surface area (Å²) in [5.41, 5.74) is 0.0834. The summed E-state index contributed by atoms with van der Waals surface area (Å²) in [6, 6.07) is 5.46. The Labute approximate surface area is 165 Å². The SMILES string of the molecule is C/C(C=N)=C\C(CC(C)(C)c1ccc(C(F)(F)F)cc1)N1CCC(C)(O)CC1. The van der Waals surface area contributed by atoms with E-state index in [9.17, 15) is 18.3 Å². The van der Waals surface area contributed by atoms with Gasteiger partial charge in [-0.15, -0.1) is 0 Å². The Bertz CT molecular complexity index is 695. The average molecular weight is 396 g/mol. The van der Waals surface area contributed by atoms with Gasteiger partial charge in [0.2, 0.25) is 0 Å². The molecule has 0 spiro atoms. The number of benzene rings is 1. The molecule has 1 atom stereocenters. The fourth-order valence-electron chi connectivity index (χ4n) is 3.73. The second-order valence-electron chi connectivity index (χ2n) is 8.82. The van der Waals surface area contributed by atoms with Gasteiger partial charge in [0.15, 0.2) is 0 Å². The number of nitrogens with zero attached hydrogens (tertiary/aromatic N) is 1. The van der Waals surface area contributed by atoms with Gasteiger partial charge in [0.25, 0.3) is 0 Å². The lowest BCUT2D eigenvalue weighted by molar-refractivity contribution is -0.137. The van der Waals surface area contributed by atoms with E-state index in [0.717, 1.165) is 36.4 Å². The van der Waals surface area contributed by atoms with E-state index in [2.05, 4.69) is 11.0 Å². The molecule has 0 radical (unpaired) electrons. The van der Waals surface area contributed by atoms with E-state index in [1.54, 1.807) is 12.1 Å². The second kappa shape index (κ2) is 8.37. The van der Waals surface area contributed by atoms with Gasteiger partial charge in [0.1, 0.15) is 0 Å². The molecule has 1 heterocycles. The van der Waals surface area contributed by atoms with E-state index in [1.807, 2.05) is 27.7 Å². The van der Waals surface area contributed by atoms with Crippen LogP contribution in [0.15, 0.2) is 35.9 Å². The first kappa shape index (κ1) is 22.6. The van der Waals surface area contributed by atoms with Crippen LogP contribution >= 0.6 is 0 Å². The van der Waals surface area contributed by atoms with Crippen molar-refractivity contribution in [3.05, 3.63) is 47.0 Å². The maximum Gasteiger partial charge on any atom is 0.416 e. The number of aliphatic hydroxyl groups is 1. The summed E-state index contributed by atoms with van der Waals surface area (Å²) in [5.74, 6) is 0. The molecule has 0 amide bonds. The van der Waals surface area contributed by atoms with Crippen LogP contribution < -0.4 is 0 Å². The molecule has 2 rings (SSSR count). The fraction of sp³-hybridized carbons (Fsp3) is 0.591. The second-order valence-corrected chi connectivity index (χ2v) is 8.82. The van der Waals surface area contributed by atoms with E-state index in [4.69, 9.17) is 5.41 Å². The number of allylic oxidation sites excluding steroid dienone is 1. The van der Waals surface area contributed by atoms with E-state index < -0.39 is 17.3 Å². The highest BCUT2D eigenvalue weighted by Crippen LogP contribution is 2.35. The third-order valence-corrected chi connectivity index (χ3v) is 5.74. The zero-order valence-electron chi connectivity index (χ0n) is 17.1. The minimum Gasteiger partial charge on any atom is -0.390 e. The number of nitrogens with one attached hydrogen (secondary N) is 1. The minimum absolute atomic E-state index is 0.0509. The maximum absolute atomic E-state index is 12.9. The zero-order chi connectivity index (χ0) is 21.2. The van der Waals surface area contributed by atoms with Crippen molar-refractivity contribution in [3.63, 3.8) is 0 Å². The van der Waals surface area contributed by atoms with Crippen LogP contribution in [-0.4, -0.2) is 41.0 Å². The van der Waals surface area contributed by atoms with Gasteiger partial charge in [0, 0.05) is 25.3 Å². The Balaban J connectivity index is 2.23. The monoisotopic (exact) mass is 396 g/mol. The van der Waals surface area contributed by atoms with Crippen molar-refractivity contribution in [2.24, 2.45) is 0 Å². The molecule has 28 heavy (non-hydrogen) atoms. The predicted molar refractivity (Wildman–Crippen MR) is 107 cm³/mol. The molecule has 3 nitrogen and oxygen atoms in total. The predicted octanol–water partition coefficient (Wildman–Crippen LogP) is 5.18. The molecular weight excluding hydrogens is 365 g/mol. The smallest absolute Gasteiger partial charge is 0.390 e. The van der Waals surface area contributed by atoms with Gasteiger partial charge in [-0.05, 0) is 61.8 Å². The van der Waals surface area contributed by atoms with Crippen LogP contribution in [-0.2, 0) is 11.6 Å². The molecule has 0 saturated carbocycles. The van der Waals surface area contributed by atoms with Gasteiger partial charge in [0.05, 0.1) is 11.2 Å². The highest BCUT2D eigenvalue weighted by molar-refractivity contribution is 5.74. The van der Waals surface area contributed by atoms with Crippen LogP contribution in [0.4, 0.5) is 13.2 Å². The van der Waals surface area contributed by atoms with Gasteiger partial charge < -0.3 is 10.5 Å². The van der Waals surface area contributed by atoms with Crippen LogP contribution in [0.5, 0.6) is 0 Å². The Morgan fingerprint density at radius 3 is 2.14 bits per heavy atom. The molecule has 2 N–H and O–H groups in total. The lowest BCUT2D eigenvalue weighted by atomic mass is 9.77. The Morgan fingerprint density at radius 2 is 1.68 bits per heavy atom. The number of piperidine rings is 1. The lowest BCUT2D eigenvalue weighted by Crippen LogP contribution is -2.48. The number of rotatable bonds is 6. The third-order valence-electron chi connectivity index (χ3n) is 5.74. The molecule has 156 valence electrons. The molecule has 0 aromatic heterocycles. The summed E-state index contributed by atoms with van der Waals surface area (Å²) in [6.07, 6.45) is 1.12. The van der Waals surface area contributed by atoms with Crippen molar-refractivity contribution in [1.82, 2.24) is 4.90 Å². The molecule has 1 aromatic rings. The Kier molecular flexibility index (Phi) is 6.77. The van der Waals surface area contributed by atoms with Crippen LogP contribution in [0.1, 0.15) is 58.1 Å². The summed E-state index contributed by atoms with van der Waals surface area (Å²) in [4.78, 5) is 2.30. The maximum atomic E-state index is 12.9. The van der Waals surface area contributed by atoms with Gasteiger partial charge >= 0.3 is 6.18 Å². The Morgan fingerprint density at radius 1 is 1.18 bits per heavy atom. The van der Waals surface area contributed by atoms with Crippen molar-refractivity contribution in [2.75, 3.05) is 13.1 Å². The lowest BCUT2D eigenvalue weighted by Gasteiger charge is -2.42. The van der Waals surface area contributed by atoms with Crippen molar-refractivity contribution < 1.29 is 18.3 Å². The normalized spacial score (nSPS) is 20.1. The van der Waals surface area contributed by atoms with Crippen molar-refractivity contribution in [3.8, 4) is 0 Å². The Hall–Kier alpha value is -1.66. The highest BCUT2D eigenvalue weighted by Gasteiger charge is 2.34. The minimum atomic E-state index is -4.33. The van der Waals surface area contributed by atoms with Crippen LogP contribution in [0.25, 0.3) is 0 Å². The molecule has 0 aliphatic carbocycles. The van der Waals surface area contributed by atoms with E-state index in [0.29, 0.717) is 19.3 Å². The molecule has 1 aliphatic heterocycles. The van der Waals surface area contributed by atoms with Crippen molar-refractivity contribution in [2.45, 2.75) is 70.2 Å². The summed E-state index contributed by atoms with van der Waals surface area (Å²) in [7, 11) is 0. The summed E-state index contributed by atoms with van der Waals surface area (Å²) >= 11 is 0. The fourth-order valence-corrected chi connectivity index (χ4v) is 3.73. The number of halogens is 3. The molecular formula is C22H31F3N2O. The summed E-state index contributed by atoms with van der Waals surface area (Å²) in [6.45, 7) is 9.31. The molecule has 1 unspecified atom stereocenters. The van der Waals surface area contributed by atoms with Gasteiger partial charge in [-0.1, -0.05) is 32.1 Å². The highest BCUT2D eigenvalue weighted by atomic mass is 19.4. The van der Waals surface area contributed by atoms with Crippen LogP contribution in [0.3, 0.4) is 0 Å². The number of hydrogen-bond acceptors (Lipinski definition) is 3. The number of alkyl halides is 3. The molecule has 6 heteroatoms. The zero-order valence-corrected chi connectivity index (χ0v) is 17.1.